The Hall–Kier alpha value is -1.35. The Morgan fingerprint density at radius 2 is 2.11 bits per heavy atom. The molecule has 1 heterocycles. The van der Waals surface area contributed by atoms with E-state index in [0.717, 1.165) is 36.2 Å². The summed E-state index contributed by atoms with van der Waals surface area (Å²) in [5.41, 5.74) is 3.14. The Morgan fingerprint density at radius 1 is 1.37 bits per heavy atom. The highest BCUT2D eigenvalue weighted by molar-refractivity contribution is 5.96. The SMILES string of the molecule is Cc1cccc(C(=O)NC2CCNCC2(C)C)c1C. The topological polar surface area (TPSA) is 41.1 Å². The van der Waals surface area contributed by atoms with Crippen LogP contribution in [0.1, 0.15) is 41.8 Å². The van der Waals surface area contributed by atoms with E-state index in [9.17, 15) is 4.79 Å². The van der Waals surface area contributed by atoms with Crippen LogP contribution >= 0.6 is 0 Å². The van der Waals surface area contributed by atoms with Gasteiger partial charge >= 0.3 is 0 Å². The van der Waals surface area contributed by atoms with Crippen LogP contribution in [0, 0.1) is 19.3 Å². The minimum atomic E-state index is 0.0566. The maximum absolute atomic E-state index is 12.4. The molecule has 0 saturated carbocycles. The maximum Gasteiger partial charge on any atom is 0.251 e. The number of amides is 1. The van der Waals surface area contributed by atoms with Gasteiger partial charge in [-0.15, -0.1) is 0 Å². The number of hydrogen-bond acceptors (Lipinski definition) is 2. The van der Waals surface area contributed by atoms with E-state index in [4.69, 9.17) is 0 Å². The second-order valence-electron chi connectivity index (χ2n) is 6.23. The molecule has 1 saturated heterocycles. The van der Waals surface area contributed by atoms with Crippen molar-refractivity contribution in [2.45, 2.75) is 40.2 Å². The largest absolute Gasteiger partial charge is 0.349 e. The van der Waals surface area contributed by atoms with Gasteiger partial charge < -0.3 is 10.6 Å². The zero-order chi connectivity index (χ0) is 14.0. The average Bonchev–Trinajstić information content (AvgIpc) is 2.35. The smallest absolute Gasteiger partial charge is 0.251 e. The molecule has 2 N–H and O–H groups in total. The van der Waals surface area contributed by atoms with Crippen molar-refractivity contribution < 1.29 is 4.79 Å². The van der Waals surface area contributed by atoms with Crippen LogP contribution in [0.3, 0.4) is 0 Å². The summed E-state index contributed by atoms with van der Waals surface area (Å²) >= 11 is 0. The lowest BCUT2D eigenvalue weighted by molar-refractivity contribution is 0.0868. The summed E-state index contributed by atoms with van der Waals surface area (Å²) in [5, 5.41) is 6.60. The molecule has 1 aromatic carbocycles. The third kappa shape index (κ3) is 2.98. The van der Waals surface area contributed by atoms with E-state index in [2.05, 4.69) is 24.5 Å². The predicted molar refractivity (Wildman–Crippen MR) is 78.4 cm³/mol. The molecule has 1 aromatic rings. The Balaban J connectivity index is 2.15. The van der Waals surface area contributed by atoms with E-state index in [1.54, 1.807) is 0 Å². The second-order valence-corrected chi connectivity index (χ2v) is 6.23. The van der Waals surface area contributed by atoms with Gasteiger partial charge in [0.2, 0.25) is 0 Å². The number of carbonyl (C=O) groups is 1. The molecule has 2 rings (SSSR count). The zero-order valence-corrected chi connectivity index (χ0v) is 12.3. The third-order valence-corrected chi connectivity index (χ3v) is 4.29. The van der Waals surface area contributed by atoms with Gasteiger partial charge in [0.15, 0.2) is 0 Å². The highest BCUT2D eigenvalue weighted by Crippen LogP contribution is 2.25. The lowest BCUT2D eigenvalue weighted by atomic mass is 9.80. The molecule has 0 radical (unpaired) electrons. The van der Waals surface area contributed by atoms with Crippen molar-refractivity contribution in [1.29, 1.82) is 0 Å². The molecule has 0 spiro atoms. The Morgan fingerprint density at radius 3 is 2.79 bits per heavy atom. The summed E-state index contributed by atoms with van der Waals surface area (Å²) in [6, 6.07) is 6.14. The van der Waals surface area contributed by atoms with Crippen LogP contribution in [0.4, 0.5) is 0 Å². The summed E-state index contributed by atoms with van der Waals surface area (Å²) in [5.74, 6) is 0.0566. The van der Waals surface area contributed by atoms with Gasteiger partial charge in [0, 0.05) is 18.2 Å². The van der Waals surface area contributed by atoms with Crippen molar-refractivity contribution >= 4 is 5.91 Å². The van der Waals surface area contributed by atoms with Crippen molar-refractivity contribution in [2.75, 3.05) is 13.1 Å². The number of piperidine rings is 1. The molecule has 1 atom stereocenters. The number of benzene rings is 1. The number of aryl methyl sites for hydroxylation is 1. The molecule has 1 amide bonds. The zero-order valence-electron chi connectivity index (χ0n) is 12.3. The van der Waals surface area contributed by atoms with Crippen LogP contribution in [0.25, 0.3) is 0 Å². The molecule has 1 aliphatic heterocycles. The van der Waals surface area contributed by atoms with Gasteiger partial charge in [-0.2, -0.15) is 0 Å². The van der Waals surface area contributed by atoms with Gasteiger partial charge in [0.1, 0.15) is 0 Å². The highest BCUT2D eigenvalue weighted by Gasteiger charge is 2.33. The van der Waals surface area contributed by atoms with Crippen LogP contribution in [0.5, 0.6) is 0 Å². The van der Waals surface area contributed by atoms with Gasteiger partial charge in [-0.25, -0.2) is 0 Å². The Labute approximate surface area is 115 Å². The monoisotopic (exact) mass is 260 g/mol. The fraction of sp³-hybridized carbons (Fsp3) is 0.562. The van der Waals surface area contributed by atoms with E-state index in [1.165, 1.54) is 0 Å². The molecule has 1 unspecified atom stereocenters. The van der Waals surface area contributed by atoms with Crippen molar-refractivity contribution in [3.63, 3.8) is 0 Å². The first kappa shape index (κ1) is 14.1. The average molecular weight is 260 g/mol. The maximum atomic E-state index is 12.4. The Bertz CT molecular complexity index is 480. The molecule has 3 nitrogen and oxygen atoms in total. The van der Waals surface area contributed by atoms with Gasteiger partial charge in [0.05, 0.1) is 0 Å². The van der Waals surface area contributed by atoms with Gasteiger partial charge in [-0.3, -0.25) is 4.79 Å². The fourth-order valence-corrected chi connectivity index (χ4v) is 2.67. The van der Waals surface area contributed by atoms with Crippen molar-refractivity contribution in [3.8, 4) is 0 Å². The number of nitrogens with one attached hydrogen (secondary N) is 2. The Kier molecular flexibility index (Phi) is 3.95. The van der Waals surface area contributed by atoms with Crippen LogP contribution in [-0.4, -0.2) is 25.0 Å². The van der Waals surface area contributed by atoms with Crippen molar-refractivity contribution in [1.82, 2.24) is 10.6 Å². The van der Waals surface area contributed by atoms with Crippen LogP contribution < -0.4 is 10.6 Å². The standard InChI is InChI=1S/C16H24N2O/c1-11-6-5-7-13(12(11)2)15(19)18-14-8-9-17-10-16(14,3)4/h5-7,14,17H,8-10H2,1-4H3,(H,18,19). The van der Waals surface area contributed by atoms with E-state index < -0.39 is 0 Å². The predicted octanol–water partition coefficient (Wildman–Crippen LogP) is 2.42. The molecule has 3 heteroatoms. The summed E-state index contributed by atoms with van der Waals surface area (Å²) in [4.78, 5) is 12.4. The first-order chi connectivity index (χ1) is 8.92. The number of rotatable bonds is 2. The molecule has 0 bridgehead atoms. The quantitative estimate of drug-likeness (QED) is 0.857. The van der Waals surface area contributed by atoms with E-state index in [0.29, 0.717) is 0 Å². The summed E-state index contributed by atoms with van der Waals surface area (Å²) in [6.45, 7) is 10.4. The normalized spacial score (nSPS) is 22.0. The molecule has 0 aliphatic carbocycles. The minimum Gasteiger partial charge on any atom is -0.349 e. The fourth-order valence-electron chi connectivity index (χ4n) is 2.67. The van der Waals surface area contributed by atoms with Gasteiger partial charge in [-0.1, -0.05) is 26.0 Å². The molecule has 1 fully saturated rings. The van der Waals surface area contributed by atoms with E-state index in [1.807, 2.05) is 32.0 Å². The van der Waals surface area contributed by atoms with Crippen LogP contribution in [-0.2, 0) is 0 Å². The summed E-state index contributed by atoms with van der Waals surface area (Å²) in [7, 11) is 0. The van der Waals surface area contributed by atoms with Crippen LogP contribution in [0.15, 0.2) is 18.2 Å². The molecule has 19 heavy (non-hydrogen) atoms. The molecule has 0 aromatic heterocycles. The first-order valence-electron chi connectivity index (χ1n) is 6.99. The number of hydrogen-bond donors (Lipinski definition) is 2. The van der Waals surface area contributed by atoms with Crippen molar-refractivity contribution in [2.24, 2.45) is 5.41 Å². The van der Waals surface area contributed by atoms with Crippen LogP contribution in [0.2, 0.25) is 0 Å². The van der Waals surface area contributed by atoms with Crippen molar-refractivity contribution in [3.05, 3.63) is 34.9 Å². The first-order valence-corrected chi connectivity index (χ1v) is 6.99. The minimum absolute atomic E-state index is 0.0566. The molecule has 1 aliphatic rings. The highest BCUT2D eigenvalue weighted by atomic mass is 16.1. The summed E-state index contributed by atoms with van der Waals surface area (Å²) in [6.07, 6.45) is 0.990. The van der Waals surface area contributed by atoms with E-state index >= 15 is 0 Å². The van der Waals surface area contributed by atoms with E-state index in [-0.39, 0.29) is 17.4 Å². The lowest BCUT2D eigenvalue weighted by Gasteiger charge is -2.39. The molecular weight excluding hydrogens is 236 g/mol. The second kappa shape index (κ2) is 5.33. The third-order valence-electron chi connectivity index (χ3n) is 4.29. The van der Waals surface area contributed by atoms with Gasteiger partial charge in [0.25, 0.3) is 5.91 Å². The summed E-state index contributed by atoms with van der Waals surface area (Å²) < 4.78 is 0. The number of carbonyl (C=O) groups excluding carboxylic acids is 1. The molecular formula is C16H24N2O. The lowest BCUT2D eigenvalue weighted by Crippen LogP contribution is -2.54. The van der Waals surface area contributed by atoms with Gasteiger partial charge in [-0.05, 0) is 49.4 Å². The molecule has 104 valence electrons.